The van der Waals surface area contributed by atoms with Crippen LogP contribution in [0.1, 0.15) is 18.4 Å². The first-order valence-electron chi connectivity index (χ1n) is 5.19. The zero-order chi connectivity index (χ0) is 11.8. The summed E-state index contributed by atoms with van der Waals surface area (Å²) < 4.78 is 23.2. The fourth-order valence-corrected chi connectivity index (χ4v) is 2.84. The van der Waals surface area contributed by atoms with Crippen LogP contribution in [-0.4, -0.2) is 20.7 Å². The van der Waals surface area contributed by atoms with E-state index in [0.29, 0.717) is 28.1 Å². The minimum Gasteiger partial charge on any atom is -0.310 e. The summed E-state index contributed by atoms with van der Waals surface area (Å²) in [6.45, 7) is 0.521. The molecule has 0 saturated heterocycles. The summed E-state index contributed by atoms with van der Waals surface area (Å²) in [5.74, 6) is 0. The van der Waals surface area contributed by atoms with Crippen LogP contribution in [0, 0.1) is 0 Å². The van der Waals surface area contributed by atoms with Crippen molar-refractivity contribution in [3.8, 4) is 0 Å². The molecular weight excluding hydrogens is 246 g/mol. The Balaban J connectivity index is 2.31. The summed E-state index contributed by atoms with van der Waals surface area (Å²) in [6, 6.07) is 5.52. The SMILES string of the molecule is CS(=O)(=O)c1cccc(Cl)c1CNC1CC1. The molecule has 0 spiro atoms. The van der Waals surface area contributed by atoms with E-state index in [9.17, 15) is 8.42 Å². The maximum atomic E-state index is 11.6. The van der Waals surface area contributed by atoms with Crippen LogP contribution < -0.4 is 5.32 Å². The van der Waals surface area contributed by atoms with Crippen LogP contribution in [0.15, 0.2) is 23.1 Å². The number of hydrogen-bond donors (Lipinski definition) is 1. The lowest BCUT2D eigenvalue weighted by atomic mass is 10.2. The third-order valence-corrected chi connectivity index (χ3v) is 4.16. The Hall–Kier alpha value is -0.580. The van der Waals surface area contributed by atoms with Gasteiger partial charge in [-0.2, -0.15) is 0 Å². The van der Waals surface area contributed by atoms with Gasteiger partial charge >= 0.3 is 0 Å². The molecule has 0 bridgehead atoms. The molecule has 1 N–H and O–H groups in total. The third-order valence-electron chi connectivity index (χ3n) is 2.62. The lowest BCUT2D eigenvalue weighted by Gasteiger charge is -2.10. The highest BCUT2D eigenvalue weighted by Crippen LogP contribution is 2.26. The van der Waals surface area contributed by atoms with E-state index >= 15 is 0 Å². The minimum absolute atomic E-state index is 0.327. The summed E-state index contributed by atoms with van der Waals surface area (Å²) in [5.41, 5.74) is 0.679. The zero-order valence-electron chi connectivity index (χ0n) is 9.03. The van der Waals surface area contributed by atoms with E-state index in [4.69, 9.17) is 11.6 Å². The zero-order valence-corrected chi connectivity index (χ0v) is 10.6. The molecule has 0 radical (unpaired) electrons. The Labute approximate surface area is 101 Å². The molecule has 1 aliphatic rings. The highest BCUT2D eigenvalue weighted by molar-refractivity contribution is 7.90. The predicted octanol–water partition coefficient (Wildman–Crippen LogP) is 2.00. The van der Waals surface area contributed by atoms with Gasteiger partial charge in [-0.25, -0.2) is 8.42 Å². The predicted molar refractivity (Wildman–Crippen MR) is 64.4 cm³/mol. The van der Waals surface area contributed by atoms with Gasteiger partial charge in [-0.05, 0) is 25.0 Å². The Bertz CT molecular complexity index is 495. The quantitative estimate of drug-likeness (QED) is 0.900. The summed E-state index contributed by atoms with van der Waals surface area (Å²) >= 11 is 6.03. The molecule has 16 heavy (non-hydrogen) atoms. The van der Waals surface area contributed by atoms with Crippen molar-refractivity contribution in [2.75, 3.05) is 6.26 Å². The normalized spacial score (nSPS) is 16.4. The molecule has 1 aromatic carbocycles. The van der Waals surface area contributed by atoms with Gasteiger partial charge in [0.05, 0.1) is 4.90 Å². The number of hydrogen-bond acceptors (Lipinski definition) is 3. The number of halogens is 1. The number of benzene rings is 1. The van der Waals surface area contributed by atoms with Crippen molar-refractivity contribution >= 4 is 21.4 Å². The second kappa shape index (κ2) is 4.35. The molecular formula is C11H14ClNO2S. The number of sulfone groups is 1. The van der Waals surface area contributed by atoms with Crippen molar-refractivity contribution in [3.63, 3.8) is 0 Å². The van der Waals surface area contributed by atoms with Crippen LogP contribution in [0.2, 0.25) is 5.02 Å². The Morgan fingerprint density at radius 1 is 1.44 bits per heavy atom. The van der Waals surface area contributed by atoms with E-state index in [1.807, 2.05) is 0 Å². The van der Waals surface area contributed by atoms with Crippen LogP contribution in [0.25, 0.3) is 0 Å². The van der Waals surface area contributed by atoms with Gasteiger partial charge < -0.3 is 5.32 Å². The average Bonchev–Trinajstić information content (AvgIpc) is 2.97. The van der Waals surface area contributed by atoms with Crippen molar-refractivity contribution in [2.24, 2.45) is 0 Å². The van der Waals surface area contributed by atoms with Crippen molar-refractivity contribution < 1.29 is 8.42 Å². The molecule has 0 aromatic heterocycles. The van der Waals surface area contributed by atoms with Crippen molar-refractivity contribution in [3.05, 3.63) is 28.8 Å². The monoisotopic (exact) mass is 259 g/mol. The smallest absolute Gasteiger partial charge is 0.175 e. The van der Waals surface area contributed by atoms with Crippen LogP contribution >= 0.6 is 11.6 Å². The van der Waals surface area contributed by atoms with Crippen LogP contribution in [0.4, 0.5) is 0 Å². The minimum atomic E-state index is -3.21. The summed E-state index contributed by atoms with van der Waals surface area (Å²) in [7, 11) is -3.21. The molecule has 1 fully saturated rings. The fourth-order valence-electron chi connectivity index (χ4n) is 1.59. The van der Waals surface area contributed by atoms with Crippen molar-refractivity contribution in [1.82, 2.24) is 5.32 Å². The second-order valence-corrected chi connectivity index (χ2v) is 6.54. The van der Waals surface area contributed by atoms with Crippen LogP contribution in [0.3, 0.4) is 0 Å². The molecule has 5 heteroatoms. The lowest BCUT2D eigenvalue weighted by molar-refractivity contribution is 0.598. The Morgan fingerprint density at radius 3 is 2.69 bits per heavy atom. The molecule has 3 nitrogen and oxygen atoms in total. The van der Waals surface area contributed by atoms with Gasteiger partial charge in [-0.15, -0.1) is 0 Å². The van der Waals surface area contributed by atoms with Crippen molar-refractivity contribution in [1.29, 1.82) is 0 Å². The van der Waals surface area contributed by atoms with E-state index in [2.05, 4.69) is 5.32 Å². The Kier molecular flexibility index (Phi) is 3.24. The number of nitrogens with one attached hydrogen (secondary N) is 1. The van der Waals surface area contributed by atoms with E-state index in [1.165, 1.54) is 19.1 Å². The molecule has 0 aliphatic heterocycles. The largest absolute Gasteiger partial charge is 0.310 e. The summed E-state index contributed by atoms with van der Waals surface area (Å²) in [4.78, 5) is 0.327. The van der Waals surface area contributed by atoms with Crippen molar-refractivity contribution in [2.45, 2.75) is 30.3 Å². The molecule has 1 aliphatic carbocycles. The third kappa shape index (κ3) is 2.75. The maximum absolute atomic E-state index is 11.6. The first-order valence-corrected chi connectivity index (χ1v) is 7.46. The topological polar surface area (TPSA) is 46.2 Å². The van der Waals surface area contributed by atoms with Gasteiger partial charge in [-0.3, -0.25) is 0 Å². The van der Waals surface area contributed by atoms with Gasteiger partial charge in [-0.1, -0.05) is 17.7 Å². The highest BCUT2D eigenvalue weighted by Gasteiger charge is 2.22. The van der Waals surface area contributed by atoms with Gasteiger partial charge in [0, 0.05) is 29.4 Å². The van der Waals surface area contributed by atoms with E-state index in [1.54, 1.807) is 18.2 Å². The highest BCUT2D eigenvalue weighted by atomic mass is 35.5. The second-order valence-electron chi connectivity index (χ2n) is 4.14. The first-order chi connectivity index (χ1) is 7.48. The number of rotatable bonds is 4. The maximum Gasteiger partial charge on any atom is 0.175 e. The molecule has 0 atom stereocenters. The molecule has 1 saturated carbocycles. The average molecular weight is 260 g/mol. The van der Waals surface area contributed by atoms with Gasteiger partial charge in [0.2, 0.25) is 0 Å². The molecule has 1 aromatic rings. The molecule has 0 unspecified atom stereocenters. The van der Waals surface area contributed by atoms with Gasteiger partial charge in [0.25, 0.3) is 0 Å². The van der Waals surface area contributed by atoms with Gasteiger partial charge in [0.15, 0.2) is 9.84 Å². The van der Waals surface area contributed by atoms with Crippen LogP contribution in [-0.2, 0) is 16.4 Å². The first kappa shape index (κ1) is 11.9. The lowest BCUT2D eigenvalue weighted by Crippen LogP contribution is -2.17. The summed E-state index contributed by atoms with van der Waals surface area (Å²) in [6.07, 6.45) is 3.54. The van der Waals surface area contributed by atoms with Gasteiger partial charge in [0.1, 0.15) is 0 Å². The van der Waals surface area contributed by atoms with E-state index < -0.39 is 9.84 Å². The molecule has 0 amide bonds. The Morgan fingerprint density at radius 2 is 2.12 bits per heavy atom. The van der Waals surface area contributed by atoms with E-state index in [0.717, 1.165) is 0 Å². The fraction of sp³-hybridized carbons (Fsp3) is 0.455. The van der Waals surface area contributed by atoms with E-state index in [-0.39, 0.29) is 0 Å². The molecule has 0 heterocycles. The van der Waals surface area contributed by atoms with Crippen LogP contribution in [0.5, 0.6) is 0 Å². The molecule has 2 rings (SSSR count). The molecule has 88 valence electrons. The summed E-state index contributed by atoms with van der Waals surface area (Å²) in [5, 5.41) is 3.79. The standard InChI is InChI=1S/C11H14ClNO2S/c1-16(14,15)11-4-2-3-10(12)9(11)7-13-8-5-6-8/h2-4,8,13H,5-7H2,1H3.